The maximum absolute atomic E-state index is 13.1. The van der Waals surface area contributed by atoms with E-state index < -0.39 is 0 Å². The average Bonchev–Trinajstić information content (AvgIpc) is 2.75. The number of rotatable bonds is 2. The van der Waals surface area contributed by atoms with Crippen LogP contribution < -0.4 is 5.32 Å². The summed E-state index contributed by atoms with van der Waals surface area (Å²) in [6.45, 7) is 0. The number of nitrogens with zero attached hydrogens (tertiary/aromatic N) is 1. The van der Waals surface area contributed by atoms with Crippen molar-refractivity contribution in [1.82, 2.24) is 4.98 Å². The number of nitrogens with one attached hydrogen (secondary N) is 1. The molecule has 0 radical (unpaired) electrons. The summed E-state index contributed by atoms with van der Waals surface area (Å²) in [7, 11) is 0. The van der Waals surface area contributed by atoms with Crippen molar-refractivity contribution in [2.24, 2.45) is 0 Å². The molecule has 1 aromatic heterocycles. The highest BCUT2D eigenvalue weighted by Crippen LogP contribution is 2.35. The van der Waals surface area contributed by atoms with Crippen LogP contribution in [0.4, 0.5) is 15.2 Å². The first kappa shape index (κ1) is 13.0. The Hall–Kier alpha value is -0.980. The van der Waals surface area contributed by atoms with Gasteiger partial charge in [0.25, 0.3) is 0 Å². The van der Waals surface area contributed by atoms with Gasteiger partial charge < -0.3 is 5.32 Å². The number of anilines is 2. The van der Waals surface area contributed by atoms with Crippen molar-refractivity contribution in [3.8, 4) is 0 Å². The van der Waals surface area contributed by atoms with Crippen LogP contribution in [0, 0.1) is 5.82 Å². The van der Waals surface area contributed by atoms with Gasteiger partial charge in [-0.25, -0.2) is 9.37 Å². The van der Waals surface area contributed by atoms with Gasteiger partial charge in [0.05, 0.1) is 15.9 Å². The zero-order chi connectivity index (χ0) is 13.4. The Balaban J connectivity index is 2.01. The third-order valence-electron chi connectivity index (χ3n) is 2.54. The van der Waals surface area contributed by atoms with E-state index in [1.165, 1.54) is 23.5 Å². The van der Waals surface area contributed by atoms with Gasteiger partial charge in [0.1, 0.15) is 5.82 Å². The normalized spacial score (nSPS) is 10.9. The molecule has 0 atom stereocenters. The van der Waals surface area contributed by atoms with E-state index in [-0.39, 0.29) is 5.82 Å². The second kappa shape index (κ2) is 5.19. The number of hydrogen-bond donors (Lipinski definition) is 1. The van der Waals surface area contributed by atoms with E-state index in [4.69, 9.17) is 0 Å². The number of hydrogen-bond acceptors (Lipinski definition) is 3. The van der Waals surface area contributed by atoms with E-state index in [0.29, 0.717) is 5.52 Å². The second-order valence-corrected chi connectivity index (χ2v) is 6.59. The smallest absolute Gasteiger partial charge is 0.188 e. The molecule has 0 aliphatic heterocycles. The van der Waals surface area contributed by atoms with Gasteiger partial charge in [0.15, 0.2) is 5.13 Å². The molecule has 1 N–H and O–H groups in total. The summed E-state index contributed by atoms with van der Waals surface area (Å²) < 4.78 is 16.0. The van der Waals surface area contributed by atoms with Gasteiger partial charge in [-0.15, -0.1) is 0 Å². The van der Waals surface area contributed by atoms with Crippen molar-refractivity contribution in [1.29, 1.82) is 0 Å². The topological polar surface area (TPSA) is 24.9 Å². The second-order valence-electron chi connectivity index (χ2n) is 3.85. The lowest BCUT2D eigenvalue weighted by atomic mass is 10.3. The minimum Gasteiger partial charge on any atom is -0.330 e. The molecule has 0 bridgehead atoms. The van der Waals surface area contributed by atoms with E-state index in [0.717, 1.165) is 24.5 Å². The molecule has 0 saturated heterocycles. The molecule has 3 rings (SSSR count). The van der Waals surface area contributed by atoms with Crippen LogP contribution in [0.2, 0.25) is 0 Å². The molecule has 0 aliphatic carbocycles. The largest absolute Gasteiger partial charge is 0.330 e. The maximum atomic E-state index is 13.1. The summed E-state index contributed by atoms with van der Waals surface area (Å²) in [4.78, 5) is 4.38. The third kappa shape index (κ3) is 2.66. The predicted octanol–water partition coefficient (Wildman–Crippen LogP) is 5.70. The van der Waals surface area contributed by atoms with Crippen LogP contribution in [-0.2, 0) is 0 Å². The molecule has 2 aromatic carbocycles. The summed E-state index contributed by atoms with van der Waals surface area (Å²) >= 11 is 8.46. The van der Waals surface area contributed by atoms with E-state index in [1.807, 2.05) is 18.2 Å². The van der Waals surface area contributed by atoms with Gasteiger partial charge in [-0.05, 0) is 56.1 Å². The van der Waals surface area contributed by atoms with Crippen LogP contribution in [0.5, 0.6) is 0 Å². The molecule has 1 heterocycles. The van der Waals surface area contributed by atoms with Crippen LogP contribution in [0.3, 0.4) is 0 Å². The molecule has 0 spiro atoms. The van der Waals surface area contributed by atoms with Gasteiger partial charge >= 0.3 is 0 Å². The van der Waals surface area contributed by atoms with Crippen LogP contribution in [0.1, 0.15) is 0 Å². The molecule has 0 unspecified atom stereocenters. The highest BCUT2D eigenvalue weighted by Gasteiger charge is 2.09. The van der Waals surface area contributed by atoms with Crippen molar-refractivity contribution in [2.45, 2.75) is 0 Å². The SMILES string of the molecule is Fc1ccc2sc(Nc3c(Br)cccc3Br)nc2c1. The summed E-state index contributed by atoms with van der Waals surface area (Å²) in [6.07, 6.45) is 0. The maximum Gasteiger partial charge on any atom is 0.188 e. The summed E-state index contributed by atoms with van der Waals surface area (Å²) in [5.41, 5.74) is 1.57. The zero-order valence-corrected chi connectivity index (χ0v) is 13.4. The van der Waals surface area contributed by atoms with Crippen LogP contribution in [0.15, 0.2) is 45.3 Å². The van der Waals surface area contributed by atoms with Crippen LogP contribution >= 0.6 is 43.2 Å². The molecule has 19 heavy (non-hydrogen) atoms. The van der Waals surface area contributed by atoms with Crippen molar-refractivity contribution in [3.63, 3.8) is 0 Å². The number of fused-ring (bicyclic) bond motifs is 1. The molecule has 0 aliphatic rings. The van der Waals surface area contributed by atoms with E-state index >= 15 is 0 Å². The molecule has 6 heteroatoms. The summed E-state index contributed by atoms with van der Waals surface area (Å²) in [5, 5.41) is 3.97. The Labute approximate surface area is 129 Å². The first-order valence-electron chi connectivity index (χ1n) is 5.40. The Kier molecular flexibility index (Phi) is 3.56. The monoisotopic (exact) mass is 400 g/mol. The molecule has 96 valence electrons. The van der Waals surface area contributed by atoms with Crippen LogP contribution in [-0.4, -0.2) is 4.98 Å². The van der Waals surface area contributed by atoms with Gasteiger partial charge in [0, 0.05) is 15.0 Å². The number of para-hydroxylation sites is 1. The summed E-state index contributed by atoms with van der Waals surface area (Å²) in [6, 6.07) is 10.4. The van der Waals surface area contributed by atoms with Gasteiger partial charge in [-0.3, -0.25) is 0 Å². The van der Waals surface area contributed by atoms with Gasteiger partial charge in [-0.1, -0.05) is 17.4 Å². The third-order valence-corrected chi connectivity index (χ3v) is 4.82. The van der Waals surface area contributed by atoms with Crippen molar-refractivity contribution in [2.75, 3.05) is 5.32 Å². The first-order valence-corrected chi connectivity index (χ1v) is 7.81. The van der Waals surface area contributed by atoms with Gasteiger partial charge in [-0.2, -0.15) is 0 Å². The van der Waals surface area contributed by atoms with E-state index in [9.17, 15) is 4.39 Å². The minimum absolute atomic E-state index is 0.272. The molecule has 0 amide bonds. The van der Waals surface area contributed by atoms with E-state index in [1.54, 1.807) is 6.07 Å². The standard InChI is InChI=1S/C13H7Br2FN2S/c14-8-2-1-3-9(15)12(8)18-13-17-10-6-7(16)4-5-11(10)19-13/h1-6H,(H,17,18). The molecule has 0 fully saturated rings. The Morgan fingerprint density at radius 3 is 2.58 bits per heavy atom. The quantitative estimate of drug-likeness (QED) is 0.595. The fourth-order valence-electron chi connectivity index (χ4n) is 1.68. The lowest BCUT2D eigenvalue weighted by Crippen LogP contribution is -1.91. The minimum atomic E-state index is -0.272. The molecular formula is C13H7Br2FN2S. The van der Waals surface area contributed by atoms with Crippen molar-refractivity contribution in [3.05, 3.63) is 51.2 Å². The van der Waals surface area contributed by atoms with Gasteiger partial charge in [0.2, 0.25) is 0 Å². The number of halogens is 3. The number of aromatic nitrogens is 1. The van der Waals surface area contributed by atoms with Crippen molar-refractivity contribution >= 4 is 64.2 Å². The average molecular weight is 402 g/mol. The number of thiazole rings is 1. The lowest BCUT2D eigenvalue weighted by Gasteiger charge is -2.07. The summed E-state index contributed by atoms with van der Waals surface area (Å²) in [5.74, 6) is -0.272. The Bertz CT molecular complexity index is 737. The highest BCUT2D eigenvalue weighted by molar-refractivity contribution is 9.11. The van der Waals surface area contributed by atoms with Crippen molar-refractivity contribution < 1.29 is 4.39 Å². The molecule has 0 saturated carbocycles. The molecule has 2 nitrogen and oxygen atoms in total. The Morgan fingerprint density at radius 1 is 1.11 bits per heavy atom. The van der Waals surface area contributed by atoms with Crippen LogP contribution in [0.25, 0.3) is 10.2 Å². The Morgan fingerprint density at radius 2 is 1.84 bits per heavy atom. The first-order chi connectivity index (χ1) is 9.13. The number of benzene rings is 2. The lowest BCUT2D eigenvalue weighted by molar-refractivity contribution is 0.629. The molecular weight excluding hydrogens is 395 g/mol. The fraction of sp³-hybridized carbons (Fsp3) is 0. The zero-order valence-electron chi connectivity index (χ0n) is 9.45. The highest BCUT2D eigenvalue weighted by atomic mass is 79.9. The fourth-order valence-corrected chi connectivity index (χ4v) is 3.73. The van der Waals surface area contributed by atoms with E-state index in [2.05, 4.69) is 42.2 Å². The molecule has 3 aromatic rings. The predicted molar refractivity (Wildman–Crippen MR) is 84.7 cm³/mol.